The van der Waals surface area contributed by atoms with E-state index in [1.165, 1.54) is 14.2 Å². The minimum absolute atomic E-state index is 0.379. The van der Waals surface area contributed by atoms with Gasteiger partial charge in [-0.05, 0) is 43.1 Å². The second-order valence-corrected chi connectivity index (χ2v) is 8.16. The van der Waals surface area contributed by atoms with Crippen LogP contribution in [0.5, 0.6) is 0 Å². The molecule has 1 aromatic carbocycles. The van der Waals surface area contributed by atoms with Gasteiger partial charge in [-0.25, -0.2) is 0 Å². The van der Waals surface area contributed by atoms with Gasteiger partial charge >= 0.3 is 11.9 Å². The first-order chi connectivity index (χ1) is 13.2. The molecule has 0 saturated carbocycles. The molecule has 0 bridgehead atoms. The van der Waals surface area contributed by atoms with E-state index in [1.54, 1.807) is 0 Å². The van der Waals surface area contributed by atoms with Crippen molar-refractivity contribution in [2.75, 3.05) is 14.2 Å². The lowest BCUT2D eigenvalue weighted by Crippen LogP contribution is -2.47. The fraction of sp³-hybridized carbons (Fsp3) is 0.609. The smallest absolute Gasteiger partial charge is 0.327 e. The van der Waals surface area contributed by atoms with Gasteiger partial charge in [-0.1, -0.05) is 58.0 Å². The van der Waals surface area contributed by atoms with Gasteiger partial charge in [0, 0.05) is 0 Å². The van der Waals surface area contributed by atoms with Crippen LogP contribution in [0.1, 0.15) is 58.9 Å². The summed E-state index contributed by atoms with van der Waals surface area (Å²) in [6, 6.07) is 9.47. The predicted molar refractivity (Wildman–Crippen MR) is 109 cm³/mol. The standard InChI is InChI=1S/C23H34O5/c1-16(2)12-14-23(15-13-17(3)4,18-10-8-7-9-11-18)20(24)19(21(25)27-5)22(26)28-6/h7-11,16-17,19H,12-15H2,1-6H3. The average molecular weight is 391 g/mol. The molecule has 0 unspecified atom stereocenters. The van der Waals surface area contributed by atoms with Crippen LogP contribution in [0.25, 0.3) is 0 Å². The van der Waals surface area contributed by atoms with Crippen molar-refractivity contribution in [1.82, 2.24) is 0 Å². The fourth-order valence-electron chi connectivity index (χ4n) is 3.45. The Kier molecular flexibility index (Phi) is 9.36. The lowest BCUT2D eigenvalue weighted by molar-refractivity contribution is -0.163. The molecule has 0 amide bonds. The first-order valence-corrected chi connectivity index (χ1v) is 9.95. The normalized spacial score (nSPS) is 11.8. The Balaban J connectivity index is 3.56. The summed E-state index contributed by atoms with van der Waals surface area (Å²) in [5, 5.41) is 0. The van der Waals surface area contributed by atoms with Gasteiger partial charge in [-0.2, -0.15) is 0 Å². The number of Topliss-reactive ketones (excluding diaryl/α,β-unsaturated/α-hetero) is 1. The minimum atomic E-state index is -1.57. The van der Waals surface area contributed by atoms with Gasteiger partial charge in [-0.3, -0.25) is 14.4 Å². The van der Waals surface area contributed by atoms with Crippen LogP contribution in [0, 0.1) is 17.8 Å². The molecule has 156 valence electrons. The Morgan fingerprint density at radius 1 is 0.821 bits per heavy atom. The molecule has 0 aliphatic carbocycles. The Labute approximate surface area is 168 Å². The quantitative estimate of drug-likeness (QED) is 0.415. The van der Waals surface area contributed by atoms with E-state index in [2.05, 4.69) is 27.7 Å². The van der Waals surface area contributed by atoms with Crippen molar-refractivity contribution in [1.29, 1.82) is 0 Å². The molecule has 0 aromatic heterocycles. The lowest BCUT2D eigenvalue weighted by Gasteiger charge is -2.36. The van der Waals surface area contributed by atoms with Crippen molar-refractivity contribution in [2.24, 2.45) is 17.8 Å². The van der Waals surface area contributed by atoms with E-state index in [0.29, 0.717) is 24.7 Å². The van der Waals surface area contributed by atoms with E-state index in [0.717, 1.165) is 18.4 Å². The van der Waals surface area contributed by atoms with Crippen molar-refractivity contribution in [3.8, 4) is 0 Å². The Bertz CT molecular complexity index is 620. The molecule has 0 N–H and O–H groups in total. The zero-order chi connectivity index (χ0) is 21.3. The van der Waals surface area contributed by atoms with Crippen molar-refractivity contribution < 1.29 is 23.9 Å². The molecule has 0 aliphatic rings. The third kappa shape index (κ3) is 5.91. The Hall–Kier alpha value is -2.17. The molecular weight excluding hydrogens is 356 g/mol. The van der Waals surface area contributed by atoms with Crippen molar-refractivity contribution in [3.05, 3.63) is 35.9 Å². The second-order valence-electron chi connectivity index (χ2n) is 8.16. The summed E-state index contributed by atoms with van der Waals surface area (Å²) in [5.74, 6) is -2.99. The van der Waals surface area contributed by atoms with Crippen LogP contribution in [-0.4, -0.2) is 31.9 Å². The summed E-state index contributed by atoms with van der Waals surface area (Å²) in [6.07, 6.45) is 2.72. The molecule has 0 heterocycles. The summed E-state index contributed by atoms with van der Waals surface area (Å²) >= 11 is 0. The van der Waals surface area contributed by atoms with Crippen LogP contribution >= 0.6 is 0 Å². The van der Waals surface area contributed by atoms with Gasteiger partial charge < -0.3 is 9.47 Å². The minimum Gasteiger partial charge on any atom is -0.468 e. The molecule has 0 spiro atoms. The summed E-state index contributed by atoms with van der Waals surface area (Å²) in [6.45, 7) is 8.39. The first kappa shape index (κ1) is 23.9. The Morgan fingerprint density at radius 2 is 1.25 bits per heavy atom. The number of ether oxygens (including phenoxy) is 2. The third-order valence-corrected chi connectivity index (χ3v) is 5.23. The zero-order valence-corrected chi connectivity index (χ0v) is 18.0. The number of carbonyl (C=O) groups is 3. The van der Waals surface area contributed by atoms with Gasteiger partial charge in [0.15, 0.2) is 5.78 Å². The van der Waals surface area contributed by atoms with Gasteiger partial charge in [0.2, 0.25) is 5.92 Å². The fourth-order valence-corrected chi connectivity index (χ4v) is 3.45. The maximum absolute atomic E-state index is 13.8. The number of methoxy groups -OCH3 is 2. The summed E-state index contributed by atoms with van der Waals surface area (Å²) in [4.78, 5) is 38.5. The SMILES string of the molecule is COC(=O)C(C(=O)OC)C(=O)C(CCC(C)C)(CCC(C)C)c1ccccc1. The van der Waals surface area contributed by atoms with E-state index >= 15 is 0 Å². The number of hydrogen-bond donors (Lipinski definition) is 0. The van der Waals surface area contributed by atoms with Gasteiger partial charge in [0.1, 0.15) is 0 Å². The molecule has 0 atom stereocenters. The number of rotatable bonds is 11. The van der Waals surface area contributed by atoms with E-state index < -0.39 is 29.1 Å². The highest BCUT2D eigenvalue weighted by molar-refractivity contribution is 6.18. The number of benzene rings is 1. The van der Waals surface area contributed by atoms with Crippen molar-refractivity contribution >= 4 is 17.7 Å². The largest absolute Gasteiger partial charge is 0.468 e. The molecule has 0 saturated heterocycles. The first-order valence-electron chi connectivity index (χ1n) is 9.95. The van der Waals surface area contributed by atoms with Gasteiger partial charge in [0.05, 0.1) is 19.6 Å². The molecule has 28 heavy (non-hydrogen) atoms. The number of hydrogen-bond acceptors (Lipinski definition) is 5. The van der Waals surface area contributed by atoms with E-state index in [4.69, 9.17) is 9.47 Å². The number of carbonyl (C=O) groups excluding carboxylic acids is 3. The summed E-state index contributed by atoms with van der Waals surface area (Å²) in [5.41, 5.74) is -0.109. The monoisotopic (exact) mass is 390 g/mol. The van der Waals surface area contributed by atoms with E-state index in [1.807, 2.05) is 30.3 Å². The van der Waals surface area contributed by atoms with Crippen LogP contribution in [0.3, 0.4) is 0 Å². The molecule has 0 aliphatic heterocycles. The molecule has 1 rings (SSSR count). The van der Waals surface area contributed by atoms with Gasteiger partial charge in [0.25, 0.3) is 0 Å². The molecule has 5 nitrogen and oxygen atoms in total. The molecule has 5 heteroatoms. The zero-order valence-electron chi connectivity index (χ0n) is 18.0. The van der Waals surface area contributed by atoms with Crippen molar-refractivity contribution in [3.63, 3.8) is 0 Å². The molecule has 1 aromatic rings. The highest BCUT2D eigenvalue weighted by atomic mass is 16.5. The van der Waals surface area contributed by atoms with Crippen LogP contribution in [-0.2, 0) is 29.3 Å². The molecule has 0 radical (unpaired) electrons. The molecule has 0 fully saturated rings. The highest BCUT2D eigenvalue weighted by Crippen LogP contribution is 2.40. The Morgan fingerprint density at radius 3 is 1.61 bits per heavy atom. The molecular formula is C23H34O5. The summed E-state index contributed by atoms with van der Waals surface area (Å²) in [7, 11) is 2.36. The predicted octanol–water partition coefficient (Wildman–Crippen LogP) is 4.33. The van der Waals surface area contributed by atoms with Crippen LogP contribution in [0.2, 0.25) is 0 Å². The van der Waals surface area contributed by atoms with E-state index in [9.17, 15) is 14.4 Å². The average Bonchev–Trinajstić information content (AvgIpc) is 2.68. The summed E-state index contributed by atoms with van der Waals surface area (Å²) < 4.78 is 9.56. The number of ketones is 1. The van der Waals surface area contributed by atoms with Crippen LogP contribution in [0.15, 0.2) is 30.3 Å². The number of esters is 2. The topological polar surface area (TPSA) is 69.7 Å². The highest BCUT2D eigenvalue weighted by Gasteiger charge is 2.49. The van der Waals surface area contributed by atoms with Gasteiger partial charge in [-0.15, -0.1) is 0 Å². The van der Waals surface area contributed by atoms with Crippen LogP contribution in [0.4, 0.5) is 0 Å². The maximum Gasteiger partial charge on any atom is 0.327 e. The lowest BCUT2D eigenvalue weighted by atomic mass is 9.65. The third-order valence-electron chi connectivity index (χ3n) is 5.23. The van der Waals surface area contributed by atoms with E-state index in [-0.39, 0.29) is 0 Å². The maximum atomic E-state index is 13.8. The van der Waals surface area contributed by atoms with Crippen LogP contribution < -0.4 is 0 Å². The second kappa shape index (κ2) is 11.0. The van der Waals surface area contributed by atoms with Crippen molar-refractivity contribution in [2.45, 2.75) is 58.8 Å².